The van der Waals surface area contributed by atoms with Gasteiger partial charge in [-0.2, -0.15) is 0 Å². The lowest BCUT2D eigenvalue weighted by molar-refractivity contribution is -0.0745. The number of hydrogen-bond donors (Lipinski definition) is 1. The van der Waals surface area contributed by atoms with E-state index >= 15 is 0 Å². The molecule has 3 heteroatoms. The molecule has 2 rings (SSSR count). The van der Waals surface area contributed by atoms with E-state index in [1.54, 1.807) is 0 Å². The van der Waals surface area contributed by atoms with Crippen LogP contribution in [0.3, 0.4) is 0 Å². The molecule has 0 radical (unpaired) electrons. The zero-order valence-corrected chi connectivity index (χ0v) is 9.28. The first kappa shape index (κ1) is 10.4. The van der Waals surface area contributed by atoms with Crippen LogP contribution in [0.15, 0.2) is 0 Å². The van der Waals surface area contributed by atoms with E-state index in [1.165, 1.54) is 19.4 Å². The Balaban J connectivity index is 1.74. The second-order valence-corrected chi connectivity index (χ2v) is 5.07. The van der Waals surface area contributed by atoms with Crippen molar-refractivity contribution in [1.82, 2.24) is 4.90 Å². The quantitative estimate of drug-likeness (QED) is 0.714. The van der Waals surface area contributed by atoms with Crippen molar-refractivity contribution in [2.45, 2.75) is 44.9 Å². The average Bonchev–Trinajstić information content (AvgIpc) is 1.99. The molecule has 14 heavy (non-hydrogen) atoms. The smallest absolute Gasteiger partial charge is 0.0678 e. The molecule has 1 aliphatic heterocycles. The van der Waals surface area contributed by atoms with Crippen LogP contribution in [0.25, 0.3) is 0 Å². The molecule has 0 spiro atoms. The SMILES string of the molecule is CC1CN(CC2CC(N)C2)CC(C)O1. The van der Waals surface area contributed by atoms with E-state index in [0.29, 0.717) is 18.2 Å². The number of nitrogens with zero attached hydrogens (tertiary/aromatic N) is 1. The molecule has 0 aromatic rings. The fourth-order valence-electron chi connectivity index (χ4n) is 2.73. The Hall–Kier alpha value is -0.120. The number of hydrogen-bond acceptors (Lipinski definition) is 3. The third-order valence-electron chi connectivity index (χ3n) is 3.28. The Labute approximate surface area is 86.6 Å². The first-order valence-corrected chi connectivity index (χ1v) is 5.77. The molecule has 0 amide bonds. The van der Waals surface area contributed by atoms with E-state index in [2.05, 4.69) is 18.7 Å². The van der Waals surface area contributed by atoms with Gasteiger partial charge in [0.1, 0.15) is 0 Å². The lowest BCUT2D eigenvalue weighted by atomic mass is 9.80. The van der Waals surface area contributed by atoms with E-state index in [-0.39, 0.29) is 0 Å². The van der Waals surface area contributed by atoms with Gasteiger partial charge in [-0.05, 0) is 32.6 Å². The number of morpholine rings is 1. The highest BCUT2D eigenvalue weighted by atomic mass is 16.5. The monoisotopic (exact) mass is 198 g/mol. The lowest BCUT2D eigenvalue weighted by Gasteiger charge is -2.41. The molecule has 1 heterocycles. The molecule has 1 saturated heterocycles. The summed E-state index contributed by atoms with van der Waals surface area (Å²) in [5.41, 5.74) is 5.79. The largest absolute Gasteiger partial charge is 0.373 e. The molecule has 1 aliphatic carbocycles. The molecular formula is C11H22N2O. The molecule has 1 saturated carbocycles. The fourth-order valence-corrected chi connectivity index (χ4v) is 2.73. The van der Waals surface area contributed by atoms with Crippen molar-refractivity contribution < 1.29 is 4.74 Å². The van der Waals surface area contributed by atoms with Crippen molar-refractivity contribution >= 4 is 0 Å². The molecule has 0 aromatic carbocycles. The minimum atomic E-state index is 0.396. The Morgan fingerprint density at radius 2 is 1.79 bits per heavy atom. The predicted octanol–water partition coefficient (Wildman–Crippen LogP) is 0.833. The van der Waals surface area contributed by atoms with Gasteiger partial charge < -0.3 is 10.5 Å². The van der Waals surface area contributed by atoms with Crippen molar-refractivity contribution in [1.29, 1.82) is 0 Å². The highest BCUT2D eigenvalue weighted by Crippen LogP contribution is 2.27. The minimum Gasteiger partial charge on any atom is -0.373 e. The van der Waals surface area contributed by atoms with Crippen molar-refractivity contribution in [2.75, 3.05) is 19.6 Å². The van der Waals surface area contributed by atoms with Gasteiger partial charge >= 0.3 is 0 Å². The summed E-state index contributed by atoms with van der Waals surface area (Å²) in [5, 5.41) is 0. The van der Waals surface area contributed by atoms with Crippen LogP contribution >= 0.6 is 0 Å². The maximum Gasteiger partial charge on any atom is 0.0678 e. The highest BCUT2D eigenvalue weighted by Gasteiger charge is 2.30. The second-order valence-electron chi connectivity index (χ2n) is 5.07. The normalized spacial score (nSPS) is 44.8. The Bertz CT molecular complexity index is 182. The maximum atomic E-state index is 5.79. The van der Waals surface area contributed by atoms with Crippen LogP contribution < -0.4 is 5.73 Å². The maximum absolute atomic E-state index is 5.79. The summed E-state index contributed by atoms with van der Waals surface area (Å²) in [5.74, 6) is 0.850. The third kappa shape index (κ3) is 2.47. The number of ether oxygens (including phenoxy) is 1. The summed E-state index contributed by atoms with van der Waals surface area (Å²) in [6, 6.07) is 0.482. The molecule has 2 N–H and O–H groups in total. The summed E-state index contributed by atoms with van der Waals surface area (Å²) in [6.45, 7) is 7.74. The van der Waals surface area contributed by atoms with Gasteiger partial charge in [0.15, 0.2) is 0 Å². The van der Waals surface area contributed by atoms with E-state index in [9.17, 15) is 0 Å². The average molecular weight is 198 g/mol. The van der Waals surface area contributed by atoms with Gasteiger partial charge in [0, 0.05) is 25.7 Å². The van der Waals surface area contributed by atoms with Crippen LogP contribution in [-0.2, 0) is 4.74 Å². The topological polar surface area (TPSA) is 38.5 Å². The van der Waals surface area contributed by atoms with Crippen LogP contribution in [0.4, 0.5) is 0 Å². The zero-order chi connectivity index (χ0) is 10.1. The number of rotatable bonds is 2. The first-order chi connectivity index (χ1) is 6.63. The lowest BCUT2D eigenvalue weighted by Crippen LogP contribution is -2.50. The van der Waals surface area contributed by atoms with Gasteiger partial charge in [-0.1, -0.05) is 0 Å². The molecule has 2 fully saturated rings. The Morgan fingerprint density at radius 1 is 1.21 bits per heavy atom. The standard InChI is InChI=1S/C11H22N2O/c1-8-5-13(6-9(2)14-8)7-10-3-11(12)4-10/h8-11H,3-7,12H2,1-2H3. The van der Waals surface area contributed by atoms with Crippen molar-refractivity contribution in [3.05, 3.63) is 0 Å². The van der Waals surface area contributed by atoms with Gasteiger partial charge in [0.2, 0.25) is 0 Å². The van der Waals surface area contributed by atoms with Crippen molar-refractivity contribution in [2.24, 2.45) is 11.7 Å². The molecule has 0 aromatic heterocycles. The van der Waals surface area contributed by atoms with E-state index in [1.807, 2.05) is 0 Å². The Morgan fingerprint density at radius 3 is 2.29 bits per heavy atom. The van der Waals surface area contributed by atoms with Gasteiger partial charge in [-0.25, -0.2) is 0 Å². The highest BCUT2D eigenvalue weighted by molar-refractivity contribution is 4.85. The predicted molar refractivity (Wildman–Crippen MR) is 57.1 cm³/mol. The van der Waals surface area contributed by atoms with E-state index < -0.39 is 0 Å². The van der Waals surface area contributed by atoms with Gasteiger partial charge in [0.25, 0.3) is 0 Å². The van der Waals surface area contributed by atoms with Gasteiger partial charge in [-0.15, -0.1) is 0 Å². The zero-order valence-electron chi connectivity index (χ0n) is 9.28. The first-order valence-electron chi connectivity index (χ1n) is 5.77. The third-order valence-corrected chi connectivity index (χ3v) is 3.28. The molecule has 2 unspecified atom stereocenters. The summed E-state index contributed by atoms with van der Waals surface area (Å²) >= 11 is 0. The summed E-state index contributed by atoms with van der Waals surface area (Å²) < 4.78 is 5.70. The van der Waals surface area contributed by atoms with Crippen molar-refractivity contribution in [3.8, 4) is 0 Å². The summed E-state index contributed by atoms with van der Waals surface area (Å²) in [7, 11) is 0. The second kappa shape index (κ2) is 4.17. The molecule has 82 valence electrons. The fraction of sp³-hybridized carbons (Fsp3) is 1.00. The molecule has 2 atom stereocenters. The Kier molecular flexibility index (Phi) is 3.10. The molecule has 3 nitrogen and oxygen atoms in total. The molecule has 2 aliphatic rings. The summed E-state index contributed by atoms with van der Waals surface area (Å²) in [4.78, 5) is 2.54. The minimum absolute atomic E-state index is 0.396. The van der Waals surface area contributed by atoms with E-state index in [4.69, 9.17) is 10.5 Å². The summed E-state index contributed by atoms with van der Waals surface area (Å²) in [6.07, 6.45) is 3.24. The van der Waals surface area contributed by atoms with Crippen LogP contribution in [0.2, 0.25) is 0 Å². The van der Waals surface area contributed by atoms with Crippen LogP contribution in [-0.4, -0.2) is 42.8 Å². The van der Waals surface area contributed by atoms with Crippen LogP contribution in [0.5, 0.6) is 0 Å². The van der Waals surface area contributed by atoms with Gasteiger partial charge in [0.05, 0.1) is 12.2 Å². The van der Waals surface area contributed by atoms with Crippen LogP contribution in [0, 0.1) is 5.92 Å². The van der Waals surface area contributed by atoms with E-state index in [0.717, 1.165) is 19.0 Å². The van der Waals surface area contributed by atoms with Gasteiger partial charge in [-0.3, -0.25) is 4.90 Å². The molecular weight excluding hydrogens is 176 g/mol. The van der Waals surface area contributed by atoms with Crippen molar-refractivity contribution in [3.63, 3.8) is 0 Å². The van der Waals surface area contributed by atoms with Crippen LogP contribution in [0.1, 0.15) is 26.7 Å². The molecule has 0 bridgehead atoms. The number of nitrogens with two attached hydrogens (primary N) is 1.